The number of hydrogen-bond acceptors (Lipinski definition) is 3. The molecule has 0 radical (unpaired) electrons. The van der Waals surface area contributed by atoms with Gasteiger partial charge in [0.2, 0.25) is 0 Å². The number of urea groups is 1. The van der Waals surface area contributed by atoms with Crippen molar-refractivity contribution in [2.45, 2.75) is 19.4 Å². The molecule has 0 aliphatic carbocycles. The molecule has 20 heavy (non-hydrogen) atoms. The van der Waals surface area contributed by atoms with Crippen molar-refractivity contribution in [3.05, 3.63) is 35.9 Å². The van der Waals surface area contributed by atoms with E-state index in [2.05, 4.69) is 17.6 Å². The van der Waals surface area contributed by atoms with Gasteiger partial charge in [-0.2, -0.15) is 0 Å². The summed E-state index contributed by atoms with van der Waals surface area (Å²) in [6.45, 7) is 4.27. The molecule has 1 fully saturated rings. The first kappa shape index (κ1) is 14.8. The molecule has 5 nitrogen and oxygen atoms in total. The van der Waals surface area contributed by atoms with Crippen LogP contribution < -0.4 is 10.6 Å². The van der Waals surface area contributed by atoms with Crippen LogP contribution in [0, 0.1) is 5.41 Å². The lowest BCUT2D eigenvalue weighted by Crippen LogP contribution is -2.51. The van der Waals surface area contributed by atoms with Crippen LogP contribution in [0.2, 0.25) is 0 Å². The number of benzene rings is 1. The van der Waals surface area contributed by atoms with E-state index in [1.54, 1.807) is 0 Å². The molecule has 0 saturated carbocycles. The minimum Gasteiger partial charge on any atom is -0.391 e. The zero-order valence-corrected chi connectivity index (χ0v) is 11.8. The third-order valence-corrected chi connectivity index (χ3v) is 3.39. The quantitative estimate of drug-likeness (QED) is 0.725. The van der Waals surface area contributed by atoms with Gasteiger partial charge in [-0.05, 0) is 5.56 Å². The van der Waals surface area contributed by atoms with Crippen molar-refractivity contribution in [1.29, 1.82) is 0 Å². The standard InChI is InChI=1S/C15H22N2O3/c1-15(10-20-11-15)9-17-14(19)16-8-13(18)7-12-5-3-2-4-6-12/h2-6,13,18H,7-11H2,1H3,(H2,16,17,19). The molecule has 3 N–H and O–H groups in total. The number of carbonyl (C=O) groups is 1. The predicted molar refractivity (Wildman–Crippen MR) is 76.5 cm³/mol. The van der Waals surface area contributed by atoms with E-state index in [1.165, 1.54) is 0 Å². The maximum absolute atomic E-state index is 11.6. The van der Waals surface area contributed by atoms with Crippen molar-refractivity contribution in [3.8, 4) is 0 Å². The first-order chi connectivity index (χ1) is 9.57. The van der Waals surface area contributed by atoms with Gasteiger partial charge in [-0.15, -0.1) is 0 Å². The lowest BCUT2D eigenvalue weighted by atomic mass is 9.89. The second-order valence-electron chi connectivity index (χ2n) is 5.71. The van der Waals surface area contributed by atoms with Crippen molar-refractivity contribution in [2.24, 2.45) is 5.41 Å². The van der Waals surface area contributed by atoms with Crippen molar-refractivity contribution in [3.63, 3.8) is 0 Å². The summed E-state index contributed by atoms with van der Waals surface area (Å²) in [7, 11) is 0. The van der Waals surface area contributed by atoms with E-state index in [9.17, 15) is 9.90 Å². The van der Waals surface area contributed by atoms with Crippen LogP contribution in [-0.4, -0.2) is 43.5 Å². The minimum absolute atomic E-state index is 0.0556. The monoisotopic (exact) mass is 278 g/mol. The van der Waals surface area contributed by atoms with Crippen LogP contribution in [0.5, 0.6) is 0 Å². The summed E-state index contributed by atoms with van der Waals surface area (Å²) < 4.78 is 5.12. The summed E-state index contributed by atoms with van der Waals surface area (Å²) >= 11 is 0. The molecule has 1 atom stereocenters. The fourth-order valence-electron chi connectivity index (χ4n) is 2.08. The first-order valence-corrected chi connectivity index (χ1v) is 6.89. The van der Waals surface area contributed by atoms with Crippen molar-refractivity contribution in [2.75, 3.05) is 26.3 Å². The smallest absolute Gasteiger partial charge is 0.314 e. The zero-order chi connectivity index (χ0) is 14.4. The molecule has 0 aromatic heterocycles. The number of rotatable bonds is 6. The Kier molecular flexibility index (Phi) is 4.98. The zero-order valence-electron chi connectivity index (χ0n) is 11.8. The molecule has 2 amide bonds. The Balaban J connectivity index is 1.62. The second-order valence-corrected chi connectivity index (χ2v) is 5.71. The number of aliphatic hydroxyl groups excluding tert-OH is 1. The summed E-state index contributed by atoms with van der Waals surface area (Å²) in [6.07, 6.45) is -0.0436. The number of carbonyl (C=O) groups excluding carboxylic acids is 1. The van der Waals surface area contributed by atoms with Gasteiger partial charge < -0.3 is 20.5 Å². The lowest BCUT2D eigenvalue weighted by Gasteiger charge is -2.37. The Morgan fingerprint density at radius 1 is 1.35 bits per heavy atom. The molecule has 1 saturated heterocycles. The molecule has 5 heteroatoms. The summed E-state index contributed by atoms with van der Waals surface area (Å²) in [5.41, 5.74) is 1.11. The number of ether oxygens (including phenoxy) is 1. The average molecular weight is 278 g/mol. The lowest BCUT2D eigenvalue weighted by molar-refractivity contribution is -0.0975. The maximum Gasteiger partial charge on any atom is 0.314 e. The maximum atomic E-state index is 11.6. The minimum atomic E-state index is -0.578. The molecule has 1 aromatic carbocycles. The molecule has 2 rings (SSSR count). The van der Waals surface area contributed by atoms with Crippen molar-refractivity contribution >= 4 is 6.03 Å². The highest BCUT2D eigenvalue weighted by molar-refractivity contribution is 5.73. The number of amides is 2. The molecular formula is C15H22N2O3. The van der Waals surface area contributed by atoms with Crippen LogP contribution in [0.15, 0.2) is 30.3 Å². The predicted octanol–water partition coefficient (Wildman–Crippen LogP) is 0.926. The summed E-state index contributed by atoms with van der Waals surface area (Å²) in [4.78, 5) is 11.6. The third kappa shape index (κ3) is 4.51. The SMILES string of the molecule is CC1(CNC(=O)NCC(O)Cc2ccccc2)COC1. The Bertz CT molecular complexity index is 432. The van der Waals surface area contributed by atoms with Crippen LogP contribution in [-0.2, 0) is 11.2 Å². The Hall–Kier alpha value is -1.59. The number of hydrogen-bond donors (Lipinski definition) is 3. The fourth-order valence-corrected chi connectivity index (χ4v) is 2.08. The Morgan fingerprint density at radius 3 is 2.65 bits per heavy atom. The summed E-state index contributed by atoms with van der Waals surface area (Å²) in [5.74, 6) is 0. The van der Waals surface area contributed by atoms with Crippen molar-refractivity contribution < 1.29 is 14.6 Å². The van der Waals surface area contributed by atoms with E-state index in [4.69, 9.17) is 4.74 Å². The number of nitrogens with one attached hydrogen (secondary N) is 2. The van der Waals surface area contributed by atoms with E-state index >= 15 is 0 Å². The van der Waals surface area contributed by atoms with Crippen LogP contribution in [0.3, 0.4) is 0 Å². The highest BCUT2D eigenvalue weighted by atomic mass is 16.5. The normalized spacial score (nSPS) is 17.9. The molecular weight excluding hydrogens is 256 g/mol. The topological polar surface area (TPSA) is 70.6 Å². The van der Waals surface area contributed by atoms with Gasteiger partial charge in [0.25, 0.3) is 0 Å². The second kappa shape index (κ2) is 6.72. The van der Waals surface area contributed by atoms with Gasteiger partial charge in [-0.1, -0.05) is 37.3 Å². The van der Waals surface area contributed by atoms with Crippen LogP contribution in [0.1, 0.15) is 12.5 Å². The van der Waals surface area contributed by atoms with Crippen LogP contribution >= 0.6 is 0 Å². The molecule has 1 aliphatic heterocycles. The first-order valence-electron chi connectivity index (χ1n) is 6.89. The van der Waals surface area contributed by atoms with E-state index in [0.29, 0.717) is 26.2 Å². The van der Waals surface area contributed by atoms with Gasteiger partial charge >= 0.3 is 6.03 Å². The molecule has 0 bridgehead atoms. The highest BCUT2D eigenvalue weighted by Crippen LogP contribution is 2.24. The van der Waals surface area contributed by atoms with Gasteiger partial charge in [-0.3, -0.25) is 0 Å². The van der Waals surface area contributed by atoms with Crippen LogP contribution in [0.4, 0.5) is 4.79 Å². The molecule has 0 spiro atoms. The van der Waals surface area contributed by atoms with Gasteiger partial charge in [0.15, 0.2) is 0 Å². The van der Waals surface area contributed by atoms with Crippen LogP contribution in [0.25, 0.3) is 0 Å². The average Bonchev–Trinajstić information content (AvgIpc) is 2.42. The van der Waals surface area contributed by atoms with Gasteiger partial charge in [0.05, 0.1) is 19.3 Å². The van der Waals surface area contributed by atoms with E-state index in [1.807, 2.05) is 30.3 Å². The number of aliphatic hydroxyl groups is 1. The van der Waals surface area contributed by atoms with E-state index < -0.39 is 6.10 Å². The van der Waals surface area contributed by atoms with Gasteiger partial charge in [0.1, 0.15) is 0 Å². The largest absolute Gasteiger partial charge is 0.391 e. The van der Waals surface area contributed by atoms with Gasteiger partial charge in [-0.25, -0.2) is 4.79 Å². The summed E-state index contributed by atoms with van der Waals surface area (Å²) in [5, 5.41) is 15.4. The third-order valence-electron chi connectivity index (χ3n) is 3.39. The van der Waals surface area contributed by atoms with Crippen molar-refractivity contribution in [1.82, 2.24) is 10.6 Å². The molecule has 1 heterocycles. The molecule has 1 unspecified atom stereocenters. The van der Waals surface area contributed by atoms with Gasteiger partial charge in [0, 0.05) is 24.9 Å². The Labute approximate surface area is 119 Å². The fraction of sp³-hybridized carbons (Fsp3) is 0.533. The molecule has 1 aromatic rings. The van der Waals surface area contributed by atoms with E-state index in [-0.39, 0.29) is 18.0 Å². The highest BCUT2D eigenvalue weighted by Gasteiger charge is 2.33. The Morgan fingerprint density at radius 2 is 2.05 bits per heavy atom. The molecule has 1 aliphatic rings. The summed E-state index contributed by atoms with van der Waals surface area (Å²) in [6, 6.07) is 9.48. The molecule has 110 valence electrons. The van der Waals surface area contributed by atoms with E-state index in [0.717, 1.165) is 5.56 Å².